The molecule has 19 heavy (non-hydrogen) atoms. The number of likely N-dealkylation sites (N-methyl/N-ethyl adjacent to an activating group) is 2. The number of halogens is 1. The standard InChI is InChI=1S/C15H25FN2O/c1-6-18(11(2)10-17(4)5)15-8-7-13(12(3)19)9-14(15)16/h7-9,11-12,19H,6,10H2,1-5H3. The van der Waals surface area contributed by atoms with E-state index >= 15 is 0 Å². The van der Waals surface area contributed by atoms with Gasteiger partial charge in [-0.15, -0.1) is 0 Å². The molecule has 0 aliphatic heterocycles. The molecule has 1 aromatic carbocycles. The summed E-state index contributed by atoms with van der Waals surface area (Å²) in [6.45, 7) is 7.37. The molecule has 1 rings (SSSR count). The van der Waals surface area contributed by atoms with Crippen molar-refractivity contribution >= 4 is 5.69 Å². The maximum atomic E-state index is 14.2. The molecule has 1 aromatic rings. The lowest BCUT2D eigenvalue weighted by molar-refractivity contribution is 0.199. The highest BCUT2D eigenvalue weighted by Gasteiger charge is 2.17. The molecule has 0 radical (unpaired) electrons. The molecular formula is C15H25FN2O. The van der Waals surface area contributed by atoms with Crippen LogP contribution >= 0.6 is 0 Å². The lowest BCUT2D eigenvalue weighted by Gasteiger charge is -2.32. The molecule has 0 bridgehead atoms. The summed E-state index contributed by atoms with van der Waals surface area (Å²) in [5.74, 6) is -0.272. The summed E-state index contributed by atoms with van der Waals surface area (Å²) >= 11 is 0. The van der Waals surface area contributed by atoms with Crippen LogP contribution in [0.3, 0.4) is 0 Å². The second-order valence-electron chi connectivity index (χ2n) is 5.28. The van der Waals surface area contributed by atoms with E-state index in [0.717, 1.165) is 13.1 Å². The van der Waals surface area contributed by atoms with Crippen molar-refractivity contribution in [1.82, 2.24) is 4.90 Å². The Bertz CT molecular complexity index is 407. The van der Waals surface area contributed by atoms with Gasteiger partial charge >= 0.3 is 0 Å². The van der Waals surface area contributed by atoms with Crippen molar-refractivity contribution in [3.63, 3.8) is 0 Å². The number of hydrogen-bond acceptors (Lipinski definition) is 3. The highest BCUT2D eigenvalue weighted by atomic mass is 19.1. The highest BCUT2D eigenvalue weighted by molar-refractivity contribution is 5.50. The summed E-state index contributed by atoms with van der Waals surface area (Å²) in [5.41, 5.74) is 1.21. The summed E-state index contributed by atoms with van der Waals surface area (Å²) in [6, 6.07) is 5.19. The van der Waals surface area contributed by atoms with E-state index in [9.17, 15) is 9.50 Å². The maximum Gasteiger partial charge on any atom is 0.146 e. The Morgan fingerprint density at radius 2 is 1.89 bits per heavy atom. The molecule has 3 nitrogen and oxygen atoms in total. The molecule has 0 fully saturated rings. The van der Waals surface area contributed by atoms with E-state index in [1.54, 1.807) is 19.1 Å². The quantitative estimate of drug-likeness (QED) is 0.859. The number of aliphatic hydroxyl groups is 1. The zero-order chi connectivity index (χ0) is 14.6. The van der Waals surface area contributed by atoms with Gasteiger partial charge < -0.3 is 14.9 Å². The van der Waals surface area contributed by atoms with Crippen LogP contribution in [0.15, 0.2) is 18.2 Å². The fraction of sp³-hybridized carbons (Fsp3) is 0.600. The van der Waals surface area contributed by atoms with Crippen molar-refractivity contribution in [3.05, 3.63) is 29.6 Å². The third-order valence-corrected chi connectivity index (χ3v) is 3.27. The van der Waals surface area contributed by atoms with E-state index in [-0.39, 0.29) is 11.9 Å². The topological polar surface area (TPSA) is 26.7 Å². The predicted molar refractivity (Wildman–Crippen MR) is 78.1 cm³/mol. The van der Waals surface area contributed by atoms with Crippen molar-refractivity contribution in [2.24, 2.45) is 0 Å². The lowest BCUT2D eigenvalue weighted by atomic mass is 10.1. The van der Waals surface area contributed by atoms with Gasteiger partial charge in [-0.1, -0.05) is 6.07 Å². The Morgan fingerprint density at radius 3 is 2.32 bits per heavy atom. The van der Waals surface area contributed by atoms with E-state index in [4.69, 9.17) is 0 Å². The molecular weight excluding hydrogens is 243 g/mol. The molecule has 0 saturated heterocycles. The number of rotatable bonds is 6. The van der Waals surface area contributed by atoms with Gasteiger partial charge in [-0.25, -0.2) is 4.39 Å². The Labute approximate surface area is 115 Å². The van der Waals surface area contributed by atoms with Crippen LogP contribution in [-0.4, -0.2) is 43.2 Å². The summed E-state index contributed by atoms with van der Waals surface area (Å²) in [7, 11) is 4.02. The smallest absolute Gasteiger partial charge is 0.146 e. The predicted octanol–water partition coefficient (Wildman–Crippen LogP) is 2.66. The van der Waals surface area contributed by atoms with Gasteiger partial charge in [0.1, 0.15) is 5.82 Å². The van der Waals surface area contributed by atoms with Gasteiger partial charge in [0.25, 0.3) is 0 Å². The molecule has 0 aliphatic rings. The average molecular weight is 268 g/mol. The first-order chi connectivity index (χ1) is 8.86. The van der Waals surface area contributed by atoms with Gasteiger partial charge in [0.05, 0.1) is 11.8 Å². The largest absolute Gasteiger partial charge is 0.389 e. The number of anilines is 1. The molecule has 108 valence electrons. The first kappa shape index (κ1) is 15.9. The fourth-order valence-electron chi connectivity index (χ4n) is 2.36. The van der Waals surface area contributed by atoms with Crippen molar-refractivity contribution < 1.29 is 9.50 Å². The van der Waals surface area contributed by atoms with Gasteiger partial charge in [-0.3, -0.25) is 0 Å². The van der Waals surface area contributed by atoms with Crippen LogP contribution in [0, 0.1) is 5.82 Å². The van der Waals surface area contributed by atoms with E-state index in [0.29, 0.717) is 11.3 Å². The number of benzene rings is 1. The van der Waals surface area contributed by atoms with E-state index in [1.165, 1.54) is 6.07 Å². The lowest BCUT2D eigenvalue weighted by Crippen LogP contribution is -2.40. The number of nitrogens with zero attached hydrogens (tertiary/aromatic N) is 2. The van der Waals surface area contributed by atoms with Crippen LogP contribution in [0.1, 0.15) is 32.4 Å². The molecule has 0 spiro atoms. The molecule has 4 heteroatoms. The molecule has 0 aromatic heterocycles. The molecule has 2 unspecified atom stereocenters. The first-order valence-electron chi connectivity index (χ1n) is 6.75. The minimum Gasteiger partial charge on any atom is -0.389 e. The summed E-state index contributed by atoms with van der Waals surface area (Å²) in [5, 5.41) is 9.48. The monoisotopic (exact) mass is 268 g/mol. The molecule has 0 heterocycles. The summed E-state index contributed by atoms with van der Waals surface area (Å²) in [4.78, 5) is 4.14. The Hall–Kier alpha value is -1.13. The summed E-state index contributed by atoms with van der Waals surface area (Å²) in [6.07, 6.45) is -0.641. The molecule has 2 atom stereocenters. The number of aliphatic hydroxyl groups excluding tert-OH is 1. The second kappa shape index (κ2) is 6.87. The minimum atomic E-state index is -0.641. The van der Waals surface area contributed by atoms with Crippen LogP contribution in [0.5, 0.6) is 0 Å². The van der Waals surface area contributed by atoms with Crippen molar-refractivity contribution in [2.75, 3.05) is 32.1 Å². The Morgan fingerprint density at radius 1 is 1.26 bits per heavy atom. The van der Waals surface area contributed by atoms with E-state index in [2.05, 4.69) is 11.8 Å². The molecule has 0 amide bonds. The van der Waals surface area contributed by atoms with Gasteiger partial charge in [0.15, 0.2) is 0 Å². The van der Waals surface area contributed by atoms with Crippen molar-refractivity contribution in [2.45, 2.75) is 32.9 Å². The third kappa shape index (κ3) is 4.18. The highest BCUT2D eigenvalue weighted by Crippen LogP contribution is 2.25. The van der Waals surface area contributed by atoms with Crippen LogP contribution < -0.4 is 4.90 Å². The minimum absolute atomic E-state index is 0.229. The van der Waals surface area contributed by atoms with E-state index < -0.39 is 6.10 Å². The SMILES string of the molecule is CCN(c1ccc(C(C)O)cc1F)C(C)CN(C)C. The molecule has 0 saturated carbocycles. The third-order valence-electron chi connectivity index (χ3n) is 3.27. The van der Waals surface area contributed by atoms with Gasteiger partial charge in [-0.2, -0.15) is 0 Å². The summed E-state index contributed by atoms with van der Waals surface area (Å²) < 4.78 is 14.2. The first-order valence-corrected chi connectivity index (χ1v) is 6.75. The van der Waals surface area contributed by atoms with Gasteiger partial charge in [-0.05, 0) is 52.6 Å². The Balaban J connectivity index is 2.98. The molecule has 0 aliphatic carbocycles. The zero-order valence-corrected chi connectivity index (χ0v) is 12.5. The van der Waals surface area contributed by atoms with Crippen LogP contribution in [0.2, 0.25) is 0 Å². The van der Waals surface area contributed by atoms with Crippen LogP contribution in [0.4, 0.5) is 10.1 Å². The van der Waals surface area contributed by atoms with Gasteiger partial charge in [0, 0.05) is 19.1 Å². The fourth-order valence-corrected chi connectivity index (χ4v) is 2.36. The van der Waals surface area contributed by atoms with Crippen LogP contribution in [0.25, 0.3) is 0 Å². The van der Waals surface area contributed by atoms with Crippen LogP contribution in [-0.2, 0) is 0 Å². The second-order valence-corrected chi connectivity index (χ2v) is 5.28. The normalized spacial score (nSPS) is 14.5. The number of hydrogen-bond donors (Lipinski definition) is 1. The van der Waals surface area contributed by atoms with Crippen molar-refractivity contribution in [1.29, 1.82) is 0 Å². The zero-order valence-electron chi connectivity index (χ0n) is 12.5. The van der Waals surface area contributed by atoms with Gasteiger partial charge in [0.2, 0.25) is 0 Å². The maximum absolute atomic E-state index is 14.2. The van der Waals surface area contributed by atoms with E-state index in [1.807, 2.05) is 25.9 Å². The van der Waals surface area contributed by atoms with Crippen molar-refractivity contribution in [3.8, 4) is 0 Å². The average Bonchev–Trinajstić information content (AvgIpc) is 2.30. The Kier molecular flexibility index (Phi) is 5.76. The molecule has 1 N–H and O–H groups in total.